The predicted molar refractivity (Wildman–Crippen MR) is 127 cm³/mol. The van der Waals surface area contributed by atoms with E-state index in [-0.39, 0.29) is 17.5 Å². The Kier molecular flexibility index (Phi) is 5.26. The van der Waals surface area contributed by atoms with E-state index in [2.05, 4.69) is 0 Å². The first-order valence-electron chi connectivity index (χ1n) is 11.0. The van der Waals surface area contributed by atoms with Gasteiger partial charge in [-0.25, -0.2) is 9.78 Å². The van der Waals surface area contributed by atoms with E-state index in [1.165, 1.54) is 4.90 Å². The summed E-state index contributed by atoms with van der Waals surface area (Å²) in [7, 11) is 0. The molecular weight excluding hydrogens is 440 g/mol. The van der Waals surface area contributed by atoms with Crippen LogP contribution in [0.25, 0.3) is 22.2 Å². The monoisotopic (exact) mass is 464 g/mol. The van der Waals surface area contributed by atoms with E-state index in [1.807, 2.05) is 43.3 Å². The highest BCUT2D eigenvalue weighted by Gasteiger charge is 2.39. The van der Waals surface area contributed by atoms with Crippen LogP contribution >= 0.6 is 11.6 Å². The summed E-state index contributed by atoms with van der Waals surface area (Å²) in [5, 5.41) is 10.6. The van der Waals surface area contributed by atoms with Crippen molar-refractivity contribution in [2.24, 2.45) is 5.73 Å². The molecule has 5 rings (SSSR count). The zero-order valence-corrected chi connectivity index (χ0v) is 19.0. The number of amides is 2. The fraction of sp³-hybridized carbons (Fsp3) is 0.320. The molecule has 2 heterocycles. The lowest BCUT2D eigenvalue weighted by molar-refractivity contribution is 0.0507. The Morgan fingerprint density at radius 3 is 2.48 bits per heavy atom. The van der Waals surface area contributed by atoms with Crippen LogP contribution in [0.2, 0.25) is 5.02 Å². The zero-order chi connectivity index (χ0) is 23.3. The summed E-state index contributed by atoms with van der Waals surface area (Å²) >= 11 is 6.55. The highest BCUT2D eigenvalue weighted by molar-refractivity contribution is 6.35. The highest BCUT2D eigenvalue weighted by atomic mass is 35.5. The molecule has 3 aromatic rings. The number of carboxylic acid groups (broad SMARTS) is 1. The average molecular weight is 465 g/mol. The Hall–Kier alpha value is -3.16. The summed E-state index contributed by atoms with van der Waals surface area (Å²) in [4.78, 5) is 32.3. The lowest BCUT2D eigenvalue weighted by Crippen LogP contribution is -2.55. The first-order valence-corrected chi connectivity index (χ1v) is 11.4. The minimum atomic E-state index is -0.960. The average Bonchev–Trinajstić information content (AvgIpc) is 3.56. The number of aromatic nitrogens is 1. The Morgan fingerprint density at radius 2 is 1.85 bits per heavy atom. The van der Waals surface area contributed by atoms with Gasteiger partial charge in [0.05, 0.1) is 16.2 Å². The van der Waals surface area contributed by atoms with Crippen LogP contribution in [-0.2, 0) is 5.54 Å². The summed E-state index contributed by atoms with van der Waals surface area (Å²) in [6.07, 6.45) is 1.05. The third-order valence-corrected chi connectivity index (χ3v) is 7.02. The van der Waals surface area contributed by atoms with Gasteiger partial charge in [0.2, 0.25) is 0 Å². The van der Waals surface area contributed by atoms with Crippen LogP contribution in [0.15, 0.2) is 48.5 Å². The number of fused-ring (bicyclic) bond motifs is 1. The molecule has 33 heavy (non-hydrogen) atoms. The van der Waals surface area contributed by atoms with Crippen molar-refractivity contribution < 1.29 is 14.7 Å². The number of halogens is 1. The maximum atomic E-state index is 13.1. The molecule has 1 atom stereocenters. The number of piperazine rings is 1. The fourth-order valence-electron chi connectivity index (χ4n) is 4.47. The zero-order valence-electron chi connectivity index (χ0n) is 18.3. The molecule has 0 bridgehead atoms. The quantitative estimate of drug-likeness (QED) is 0.601. The molecular formula is C25H25ClN4O3. The Morgan fingerprint density at radius 1 is 1.12 bits per heavy atom. The van der Waals surface area contributed by atoms with Crippen LogP contribution in [0.4, 0.5) is 4.79 Å². The van der Waals surface area contributed by atoms with Crippen molar-refractivity contribution in [3.8, 4) is 11.3 Å². The van der Waals surface area contributed by atoms with E-state index in [0.29, 0.717) is 35.7 Å². The topological polar surface area (TPSA) is 99.8 Å². The minimum absolute atomic E-state index is 0.140. The summed E-state index contributed by atoms with van der Waals surface area (Å²) in [5.41, 5.74) is 10.0. The fourth-order valence-corrected chi connectivity index (χ4v) is 4.74. The van der Waals surface area contributed by atoms with Gasteiger partial charge >= 0.3 is 6.09 Å². The highest BCUT2D eigenvalue weighted by Crippen LogP contribution is 2.43. The van der Waals surface area contributed by atoms with Crippen molar-refractivity contribution in [2.45, 2.75) is 31.3 Å². The van der Waals surface area contributed by atoms with E-state index in [4.69, 9.17) is 22.3 Å². The molecule has 2 amide bonds. The second-order valence-corrected chi connectivity index (χ2v) is 9.44. The molecule has 0 radical (unpaired) electrons. The van der Waals surface area contributed by atoms with Crippen LogP contribution in [0.5, 0.6) is 0 Å². The maximum absolute atomic E-state index is 13.1. The summed E-state index contributed by atoms with van der Waals surface area (Å²) < 4.78 is 0. The van der Waals surface area contributed by atoms with Gasteiger partial charge in [0.25, 0.3) is 5.91 Å². The predicted octanol–water partition coefficient (Wildman–Crippen LogP) is 4.33. The number of hydrogen-bond donors (Lipinski definition) is 2. The van der Waals surface area contributed by atoms with Crippen molar-refractivity contribution >= 4 is 34.5 Å². The number of nitrogens with two attached hydrogens (primary N) is 1. The van der Waals surface area contributed by atoms with Gasteiger partial charge in [-0.1, -0.05) is 41.9 Å². The third-order valence-electron chi connectivity index (χ3n) is 6.71. The third kappa shape index (κ3) is 4.03. The van der Waals surface area contributed by atoms with E-state index >= 15 is 0 Å². The van der Waals surface area contributed by atoms with Gasteiger partial charge in [-0.15, -0.1) is 0 Å². The first kappa shape index (κ1) is 21.7. The van der Waals surface area contributed by atoms with Crippen molar-refractivity contribution in [1.82, 2.24) is 14.8 Å². The first-order chi connectivity index (χ1) is 15.7. The smallest absolute Gasteiger partial charge is 0.407 e. The van der Waals surface area contributed by atoms with Crippen LogP contribution in [0, 0.1) is 0 Å². The van der Waals surface area contributed by atoms with Gasteiger partial charge in [0, 0.05) is 47.7 Å². The molecule has 0 unspecified atom stereocenters. The van der Waals surface area contributed by atoms with Crippen LogP contribution in [0.1, 0.15) is 35.7 Å². The molecule has 2 aromatic carbocycles. The molecule has 1 aliphatic carbocycles. The number of pyridine rings is 1. The molecule has 0 spiro atoms. The standard InChI is InChI=1S/C25H25ClN4O3/c1-15-14-29(10-11-30(15)24(32)33)23(31)17-4-7-19-20(26)13-21(28-22(19)12-17)16-2-5-18(6-3-16)25(27)8-9-25/h2-7,12-13,15H,8-11,14,27H2,1H3,(H,32,33)/t15-/m1/s1. The summed E-state index contributed by atoms with van der Waals surface area (Å²) in [6, 6.07) is 15.0. The number of nitrogens with zero attached hydrogens (tertiary/aromatic N) is 3. The van der Waals surface area contributed by atoms with Crippen molar-refractivity contribution in [1.29, 1.82) is 0 Å². The molecule has 7 nitrogen and oxygen atoms in total. The summed E-state index contributed by atoms with van der Waals surface area (Å²) in [5.74, 6) is -0.140. The maximum Gasteiger partial charge on any atom is 0.407 e. The molecule has 170 valence electrons. The second-order valence-electron chi connectivity index (χ2n) is 9.03. The van der Waals surface area contributed by atoms with Gasteiger partial charge in [0.1, 0.15) is 0 Å². The SMILES string of the molecule is C[C@@H]1CN(C(=O)c2ccc3c(Cl)cc(-c4ccc(C5(N)CC5)cc4)nc3c2)CCN1C(=O)O. The van der Waals surface area contributed by atoms with Crippen LogP contribution in [0.3, 0.4) is 0 Å². The van der Waals surface area contributed by atoms with E-state index < -0.39 is 6.09 Å². The Bertz CT molecular complexity index is 1260. The lowest BCUT2D eigenvalue weighted by Gasteiger charge is -2.38. The Labute approximate surface area is 196 Å². The second kappa shape index (κ2) is 8.01. The van der Waals surface area contributed by atoms with Crippen LogP contribution in [-0.4, -0.2) is 57.6 Å². The molecule has 1 saturated carbocycles. The molecule has 8 heteroatoms. The molecule has 2 fully saturated rings. The lowest BCUT2D eigenvalue weighted by atomic mass is 10.0. The van der Waals surface area contributed by atoms with E-state index in [0.717, 1.165) is 35.0 Å². The molecule has 1 aliphatic heterocycles. The Balaban J connectivity index is 1.42. The van der Waals surface area contributed by atoms with Crippen molar-refractivity contribution in [3.63, 3.8) is 0 Å². The molecule has 3 N–H and O–H groups in total. The molecule has 1 aromatic heterocycles. The molecule has 2 aliphatic rings. The number of benzene rings is 2. The number of carbonyl (C=O) groups is 2. The van der Waals surface area contributed by atoms with Gasteiger partial charge < -0.3 is 20.6 Å². The van der Waals surface area contributed by atoms with Gasteiger partial charge in [-0.05, 0) is 43.5 Å². The molecule has 1 saturated heterocycles. The normalized spacial score (nSPS) is 19.5. The number of rotatable bonds is 3. The summed E-state index contributed by atoms with van der Waals surface area (Å²) in [6.45, 7) is 2.82. The van der Waals surface area contributed by atoms with Crippen LogP contribution < -0.4 is 5.73 Å². The van der Waals surface area contributed by atoms with Crippen molar-refractivity contribution in [2.75, 3.05) is 19.6 Å². The van der Waals surface area contributed by atoms with Gasteiger partial charge in [-0.2, -0.15) is 0 Å². The van der Waals surface area contributed by atoms with Crippen molar-refractivity contribution in [3.05, 3.63) is 64.7 Å². The van der Waals surface area contributed by atoms with E-state index in [9.17, 15) is 14.7 Å². The largest absolute Gasteiger partial charge is 0.465 e. The van der Waals surface area contributed by atoms with Gasteiger partial charge in [0.15, 0.2) is 0 Å². The number of hydrogen-bond acceptors (Lipinski definition) is 4. The number of carbonyl (C=O) groups excluding carboxylic acids is 1. The van der Waals surface area contributed by atoms with Gasteiger partial charge in [-0.3, -0.25) is 4.79 Å². The minimum Gasteiger partial charge on any atom is -0.465 e. The van der Waals surface area contributed by atoms with E-state index in [1.54, 1.807) is 17.0 Å².